The van der Waals surface area contributed by atoms with Crippen molar-refractivity contribution in [3.05, 3.63) is 12.2 Å². The van der Waals surface area contributed by atoms with Crippen LogP contribution >= 0.6 is 11.8 Å². The van der Waals surface area contributed by atoms with E-state index < -0.39 is 6.04 Å². The molecule has 0 radical (unpaired) electrons. The van der Waals surface area contributed by atoms with Crippen LogP contribution in [0.1, 0.15) is 19.8 Å². The zero-order valence-electron chi connectivity index (χ0n) is 11.7. The summed E-state index contributed by atoms with van der Waals surface area (Å²) in [6.45, 7) is 2.28. The van der Waals surface area contributed by atoms with Gasteiger partial charge in [0.1, 0.15) is 6.04 Å². The van der Waals surface area contributed by atoms with Crippen LogP contribution in [0.3, 0.4) is 0 Å². The first kappa shape index (κ1) is 14.3. The van der Waals surface area contributed by atoms with Gasteiger partial charge in [-0.1, -0.05) is 23.9 Å². The summed E-state index contributed by atoms with van der Waals surface area (Å²) in [7, 11) is 0. The van der Waals surface area contributed by atoms with E-state index >= 15 is 0 Å². The lowest BCUT2D eigenvalue weighted by atomic mass is 9.85. The van der Waals surface area contributed by atoms with E-state index in [1.165, 1.54) is 11.8 Å². The molecule has 3 rings (SSSR count). The van der Waals surface area contributed by atoms with Crippen molar-refractivity contribution >= 4 is 34.7 Å². The monoisotopic (exact) mass is 307 g/mol. The van der Waals surface area contributed by atoms with E-state index in [2.05, 4.69) is 10.3 Å². The number of hydrogen-bond donors (Lipinski definition) is 1. The fourth-order valence-electron chi connectivity index (χ4n) is 2.95. The normalized spacial score (nSPS) is 29.4. The topological polar surface area (TPSA) is 78.8 Å². The molecule has 112 valence electrons. The molecular weight excluding hydrogens is 290 g/mol. The second-order valence-electron chi connectivity index (χ2n) is 5.40. The van der Waals surface area contributed by atoms with Gasteiger partial charge in [-0.15, -0.1) is 0 Å². The average molecular weight is 307 g/mol. The molecule has 6 nitrogen and oxygen atoms in total. The molecular formula is C14H17N3O3S. The van der Waals surface area contributed by atoms with Crippen LogP contribution in [0.2, 0.25) is 0 Å². The summed E-state index contributed by atoms with van der Waals surface area (Å²) >= 11 is 1.47. The van der Waals surface area contributed by atoms with Crippen molar-refractivity contribution in [2.75, 3.05) is 12.3 Å². The summed E-state index contributed by atoms with van der Waals surface area (Å²) in [6.07, 6.45) is 5.04. The number of thioether (sulfide) groups is 1. The fourth-order valence-corrected chi connectivity index (χ4v) is 3.68. The molecule has 3 aliphatic rings. The first-order chi connectivity index (χ1) is 10.1. The first-order valence-electron chi connectivity index (χ1n) is 7.09. The summed E-state index contributed by atoms with van der Waals surface area (Å²) in [6, 6.07) is -0.792. The average Bonchev–Trinajstić information content (AvgIpc) is 3.07. The van der Waals surface area contributed by atoms with Gasteiger partial charge in [0.2, 0.25) is 17.7 Å². The van der Waals surface area contributed by atoms with Crippen LogP contribution in [0.15, 0.2) is 17.1 Å². The Morgan fingerprint density at radius 3 is 2.48 bits per heavy atom. The Balaban J connectivity index is 1.72. The van der Waals surface area contributed by atoms with E-state index in [4.69, 9.17) is 0 Å². The molecule has 0 saturated carbocycles. The molecule has 7 heteroatoms. The number of rotatable bonds is 2. The van der Waals surface area contributed by atoms with Gasteiger partial charge in [-0.25, -0.2) is 0 Å². The van der Waals surface area contributed by atoms with Crippen molar-refractivity contribution < 1.29 is 14.4 Å². The number of carbonyl (C=O) groups excluding carboxylic acids is 3. The lowest BCUT2D eigenvalue weighted by Crippen LogP contribution is -2.49. The van der Waals surface area contributed by atoms with Crippen LogP contribution in [0.25, 0.3) is 0 Å². The van der Waals surface area contributed by atoms with Crippen molar-refractivity contribution in [2.45, 2.75) is 25.8 Å². The molecule has 2 aliphatic heterocycles. The Morgan fingerprint density at radius 2 is 1.95 bits per heavy atom. The van der Waals surface area contributed by atoms with Gasteiger partial charge in [-0.2, -0.15) is 0 Å². The fraction of sp³-hybridized carbons (Fsp3) is 0.571. The van der Waals surface area contributed by atoms with Crippen molar-refractivity contribution in [2.24, 2.45) is 16.8 Å². The van der Waals surface area contributed by atoms with Crippen molar-refractivity contribution in [3.8, 4) is 0 Å². The Bertz CT molecular complexity index is 532. The predicted octanol–water partition coefficient (Wildman–Crippen LogP) is 0.545. The first-order valence-corrected chi connectivity index (χ1v) is 8.08. The molecule has 0 spiro atoms. The molecule has 1 fully saturated rings. The van der Waals surface area contributed by atoms with Gasteiger partial charge in [0, 0.05) is 5.75 Å². The number of allylic oxidation sites excluding steroid dienone is 2. The van der Waals surface area contributed by atoms with E-state index in [0.717, 1.165) is 10.7 Å². The zero-order chi connectivity index (χ0) is 15.0. The van der Waals surface area contributed by atoms with Crippen LogP contribution in [0, 0.1) is 11.8 Å². The van der Waals surface area contributed by atoms with Crippen molar-refractivity contribution in [1.82, 2.24) is 10.2 Å². The number of hydrogen-bond acceptors (Lipinski definition) is 5. The van der Waals surface area contributed by atoms with Crippen LogP contribution in [-0.2, 0) is 14.4 Å². The van der Waals surface area contributed by atoms with Gasteiger partial charge in [-0.05, 0) is 19.8 Å². The second kappa shape index (κ2) is 5.63. The zero-order valence-corrected chi connectivity index (χ0v) is 12.6. The smallest absolute Gasteiger partial charge is 0.248 e. The highest BCUT2D eigenvalue weighted by Gasteiger charge is 2.50. The summed E-state index contributed by atoms with van der Waals surface area (Å²) in [5, 5.41) is 3.26. The Morgan fingerprint density at radius 1 is 1.33 bits per heavy atom. The van der Waals surface area contributed by atoms with E-state index in [-0.39, 0.29) is 29.6 Å². The highest BCUT2D eigenvalue weighted by atomic mass is 32.2. The number of nitrogens with one attached hydrogen (secondary N) is 1. The van der Waals surface area contributed by atoms with Gasteiger partial charge in [0.05, 0.1) is 18.4 Å². The SMILES string of the molecule is C[C@@H](C(=O)NC1=NCCS1)N1C(=O)[C@H]2CC=CC[C@@H]2C1=O. The third-order valence-corrected chi connectivity index (χ3v) is 5.02. The maximum absolute atomic E-state index is 12.4. The Kier molecular flexibility index (Phi) is 3.84. The molecule has 2 heterocycles. The minimum absolute atomic E-state index is 0.224. The Hall–Kier alpha value is -1.63. The highest BCUT2D eigenvalue weighted by Crippen LogP contribution is 2.36. The number of carbonyl (C=O) groups is 3. The van der Waals surface area contributed by atoms with Gasteiger partial charge < -0.3 is 5.32 Å². The van der Waals surface area contributed by atoms with E-state index in [9.17, 15) is 14.4 Å². The lowest BCUT2D eigenvalue weighted by molar-refractivity contribution is -0.146. The summed E-state index contributed by atoms with van der Waals surface area (Å²) in [5.74, 6) is -0.541. The quantitative estimate of drug-likeness (QED) is 0.597. The number of nitrogens with zero attached hydrogens (tertiary/aromatic N) is 2. The summed E-state index contributed by atoms with van der Waals surface area (Å²) in [5.41, 5.74) is 0. The molecule has 1 saturated heterocycles. The molecule has 1 N–H and O–H groups in total. The molecule has 0 aromatic rings. The number of imide groups is 1. The van der Waals surface area contributed by atoms with E-state index in [0.29, 0.717) is 24.6 Å². The molecule has 0 bridgehead atoms. The molecule has 0 aromatic carbocycles. The molecule has 3 amide bonds. The van der Waals surface area contributed by atoms with Gasteiger partial charge in [0.25, 0.3) is 0 Å². The maximum Gasteiger partial charge on any atom is 0.248 e. The third-order valence-electron chi connectivity index (χ3n) is 4.12. The summed E-state index contributed by atoms with van der Waals surface area (Å²) < 4.78 is 0. The second-order valence-corrected chi connectivity index (χ2v) is 6.49. The standard InChI is InChI=1S/C14H17N3O3S/c1-8(11(18)16-14-15-6-7-21-14)17-12(19)9-4-2-3-5-10(9)13(17)20/h2-3,8-10H,4-7H2,1H3,(H,15,16,18)/t8-,9-,10-/m0/s1. The van der Waals surface area contributed by atoms with Crippen LogP contribution < -0.4 is 5.32 Å². The molecule has 21 heavy (non-hydrogen) atoms. The van der Waals surface area contributed by atoms with E-state index in [1.54, 1.807) is 6.92 Å². The third kappa shape index (κ3) is 2.50. The number of likely N-dealkylation sites (tertiary alicyclic amines) is 1. The lowest BCUT2D eigenvalue weighted by Gasteiger charge is -2.22. The van der Waals surface area contributed by atoms with Crippen molar-refractivity contribution in [3.63, 3.8) is 0 Å². The van der Waals surface area contributed by atoms with Gasteiger partial charge in [0.15, 0.2) is 5.17 Å². The number of fused-ring (bicyclic) bond motifs is 1. The van der Waals surface area contributed by atoms with Crippen LogP contribution in [0.4, 0.5) is 0 Å². The number of amides is 3. The highest BCUT2D eigenvalue weighted by molar-refractivity contribution is 8.14. The summed E-state index contributed by atoms with van der Waals surface area (Å²) in [4.78, 5) is 42.3. The van der Waals surface area contributed by atoms with Crippen LogP contribution in [-0.4, -0.2) is 46.1 Å². The molecule has 3 atom stereocenters. The minimum atomic E-state index is -0.792. The van der Waals surface area contributed by atoms with Gasteiger partial charge in [-0.3, -0.25) is 24.3 Å². The predicted molar refractivity (Wildman–Crippen MR) is 79.6 cm³/mol. The van der Waals surface area contributed by atoms with Crippen LogP contribution in [0.5, 0.6) is 0 Å². The largest absolute Gasteiger partial charge is 0.304 e. The maximum atomic E-state index is 12.4. The Labute approximate surface area is 127 Å². The molecule has 0 unspecified atom stereocenters. The van der Waals surface area contributed by atoms with Crippen molar-refractivity contribution in [1.29, 1.82) is 0 Å². The van der Waals surface area contributed by atoms with E-state index in [1.807, 2.05) is 12.2 Å². The molecule has 0 aromatic heterocycles. The molecule has 1 aliphatic carbocycles. The minimum Gasteiger partial charge on any atom is -0.304 e. The number of aliphatic imine (C=N–C) groups is 1. The van der Waals surface area contributed by atoms with Gasteiger partial charge >= 0.3 is 0 Å². The number of amidine groups is 1.